The zero-order valence-electron chi connectivity index (χ0n) is 13.8. The normalized spacial score (nSPS) is 19.9. The molecule has 2 rings (SSSR count). The first-order valence-electron chi connectivity index (χ1n) is 7.49. The molecule has 1 aromatic rings. The van der Waals surface area contributed by atoms with Gasteiger partial charge in [0.1, 0.15) is 12.9 Å². The summed E-state index contributed by atoms with van der Waals surface area (Å²) in [5.41, 5.74) is 0. The molecular formula is C13H23N7O4. The maximum atomic E-state index is 11.8. The van der Waals surface area contributed by atoms with Crippen molar-refractivity contribution in [3.63, 3.8) is 0 Å². The summed E-state index contributed by atoms with van der Waals surface area (Å²) in [7, 11) is 3.65. The highest BCUT2D eigenvalue weighted by atomic mass is 16.3. The summed E-state index contributed by atoms with van der Waals surface area (Å²) in [5.74, 6) is -0.0688. The number of nitrogens with one attached hydrogen (secondary N) is 2. The van der Waals surface area contributed by atoms with Gasteiger partial charge >= 0.3 is 0 Å². The summed E-state index contributed by atoms with van der Waals surface area (Å²) >= 11 is 0. The van der Waals surface area contributed by atoms with Crippen molar-refractivity contribution in [3.05, 3.63) is 6.33 Å². The number of tetrazole rings is 1. The van der Waals surface area contributed by atoms with Crippen LogP contribution < -0.4 is 10.6 Å². The predicted molar refractivity (Wildman–Crippen MR) is 82.8 cm³/mol. The van der Waals surface area contributed by atoms with Crippen LogP contribution in [0.3, 0.4) is 0 Å². The van der Waals surface area contributed by atoms with Crippen LogP contribution in [0.4, 0.5) is 0 Å². The smallest absolute Gasteiger partial charge is 0.290 e. The van der Waals surface area contributed by atoms with Gasteiger partial charge in [0, 0.05) is 32.1 Å². The molecule has 11 heteroatoms. The van der Waals surface area contributed by atoms with Crippen LogP contribution in [0.1, 0.15) is 19.3 Å². The average molecular weight is 341 g/mol. The Morgan fingerprint density at radius 3 is 2.58 bits per heavy atom. The topological polar surface area (TPSA) is 142 Å². The van der Waals surface area contributed by atoms with Crippen LogP contribution in [0.2, 0.25) is 0 Å². The Balaban J connectivity index is 0.000000891. The fraction of sp³-hybridized carbons (Fsp3) is 0.692. The summed E-state index contributed by atoms with van der Waals surface area (Å²) in [6, 6.07) is 0.504. The molecular weight excluding hydrogens is 318 g/mol. The molecule has 0 aliphatic carbocycles. The number of likely N-dealkylation sites (tertiary alicyclic amines) is 1. The standard InChI is InChI=1S/C12H21N7O2.CH2O2/c1-13-11(20)5-9-3-4-10(18(9)2)6-14-12(21)7-19-8-15-16-17-19;2-1-3/h8-10H,3-7H2,1-2H3,(H,13,20)(H,14,21);1H,(H,2,3)/t9-,10+;/m1./s1. The first-order chi connectivity index (χ1) is 11.5. The number of hydrogen-bond donors (Lipinski definition) is 3. The highest BCUT2D eigenvalue weighted by molar-refractivity contribution is 5.76. The van der Waals surface area contributed by atoms with Crippen LogP contribution in [0.25, 0.3) is 0 Å². The van der Waals surface area contributed by atoms with Crippen molar-refractivity contribution in [1.29, 1.82) is 0 Å². The highest BCUT2D eigenvalue weighted by Crippen LogP contribution is 2.23. The van der Waals surface area contributed by atoms with Gasteiger partial charge in [-0.25, -0.2) is 4.68 Å². The molecule has 11 nitrogen and oxygen atoms in total. The molecule has 0 unspecified atom stereocenters. The van der Waals surface area contributed by atoms with Gasteiger partial charge < -0.3 is 15.7 Å². The lowest BCUT2D eigenvalue weighted by Gasteiger charge is -2.25. The molecule has 0 saturated carbocycles. The van der Waals surface area contributed by atoms with E-state index >= 15 is 0 Å². The first kappa shape index (κ1) is 19.5. The van der Waals surface area contributed by atoms with E-state index in [0.29, 0.717) is 13.0 Å². The van der Waals surface area contributed by atoms with E-state index in [-0.39, 0.29) is 36.9 Å². The number of amides is 2. The van der Waals surface area contributed by atoms with Gasteiger partial charge in [0.25, 0.3) is 6.47 Å². The van der Waals surface area contributed by atoms with E-state index in [2.05, 4.69) is 31.1 Å². The van der Waals surface area contributed by atoms with Gasteiger partial charge in [0.2, 0.25) is 11.8 Å². The van der Waals surface area contributed by atoms with Crippen LogP contribution in [0.5, 0.6) is 0 Å². The van der Waals surface area contributed by atoms with Gasteiger partial charge in [-0.15, -0.1) is 5.10 Å². The van der Waals surface area contributed by atoms with Crippen LogP contribution in [-0.4, -0.2) is 81.2 Å². The van der Waals surface area contributed by atoms with E-state index in [0.717, 1.165) is 12.8 Å². The lowest BCUT2D eigenvalue weighted by molar-refractivity contribution is -0.123. The minimum absolute atomic E-state index is 0.0511. The minimum Gasteiger partial charge on any atom is -0.483 e. The molecule has 1 aliphatic heterocycles. The van der Waals surface area contributed by atoms with Crippen molar-refractivity contribution in [3.8, 4) is 0 Å². The molecule has 0 radical (unpaired) electrons. The fourth-order valence-corrected chi connectivity index (χ4v) is 2.59. The van der Waals surface area contributed by atoms with Crippen molar-refractivity contribution in [2.24, 2.45) is 0 Å². The van der Waals surface area contributed by atoms with Gasteiger partial charge in [0.15, 0.2) is 0 Å². The minimum atomic E-state index is -0.250. The van der Waals surface area contributed by atoms with Crippen molar-refractivity contribution in [1.82, 2.24) is 35.7 Å². The number of rotatable bonds is 6. The second-order valence-corrected chi connectivity index (χ2v) is 5.34. The van der Waals surface area contributed by atoms with E-state index in [4.69, 9.17) is 9.90 Å². The molecule has 134 valence electrons. The zero-order valence-corrected chi connectivity index (χ0v) is 13.8. The number of carbonyl (C=O) groups excluding carboxylic acids is 2. The fourth-order valence-electron chi connectivity index (χ4n) is 2.59. The molecule has 2 amide bonds. The third kappa shape index (κ3) is 6.28. The van der Waals surface area contributed by atoms with E-state index in [1.165, 1.54) is 11.0 Å². The number of hydrogen-bond acceptors (Lipinski definition) is 7. The Morgan fingerprint density at radius 1 is 1.33 bits per heavy atom. The van der Waals surface area contributed by atoms with Crippen molar-refractivity contribution < 1.29 is 19.5 Å². The van der Waals surface area contributed by atoms with Crippen LogP contribution in [0.15, 0.2) is 6.33 Å². The second-order valence-electron chi connectivity index (χ2n) is 5.34. The van der Waals surface area contributed by atoms with Gasteiger partial charge in [0.05, 0.1) is 0 Å². The van der Waals surface area contributed by atoms with Crippen LogP contribution in [0, 0.1) is 0 Å². The quantitative estimate of drug-likeness (QED) is 0.509. The molecule has 2 atom stereocenters. The number of carbonyl (C=O) groups is 3. The SMILES string of the molecule is CNC(=O)C[C@H]1CC[C@@H](CNC(=O)Cn2cnnn2)N1C.O=CO. The summed E-state index contributed by atoms with van der Waals surface area (Å²) in [6.45, 7) is 0.437. The zero-order chi connectivity index (χ0) is 17.9. The maximum Gasteiger partial charge on any atom is 0.290 e. The molecule has 3 N–H and O–H groups in total. The highest BCUT2D eigenvalue weighted by Gasteiger charge is 2.31. The van der Waals surface area contributed by atoms with Gasteiger partial charge in [-0.2, -0.15) is 0 Å². The Kier molecular flexibility index (Phi) is 8.33. The van der Waals surface area contributed by atoms with Gasteiger partial charge in [-0.05, 0) is 30.3 Å². The Morgan fingerprint density at radius 2 is 2.00 bits per heavy atom. The Bertz CT molecular complexity index is 522. The van der Waals surface area contributed by atoms with Crippen LogP contribution in [-0.2, 0) is 20.9 Å². The largest absolute Gasteiger partial charge is 0.483 e. The Hall–Kier alpha value is -2.56. The summed E-state index contributed by atoms with van der Waals surface area (Å²) in [6.07, 6.45) is 3.85. The molecule has 1 fully saturated rings. The van der Waals surface area contributed by atoms with Gasteiger partial charge in [-0.3, -0.25) is 19.3 Å². The molecule has 1 aliphatic rings. The monoisotopic (exact) mass is 341 g/mol. The first-order valence-corrected chi connectivity index (χ1v) is 7.49. The lowest BCUT2D eigenvalue weighted by Crippen LogP contribution is -2.42. The molecule has 24 heavy (non-hydrogen) atoms. The second kappa shape index (κ2) is 10.3. The molecule has 1 aromatic heterocycles. The van der Waals surface area contributed by atoms with E-state index in [9.17, 15) is 9.59 Å². The lowest BCUT2D eigenvalue weighted by atomic mass is 10.1. The van der Waals surface area contributed by atoms with E-state index in [1.54, 1.807) is 7.05 Å². The number of nitrogens with zero attached hydrogens (tertiary/aromatic N) is 5. The molecule has 0 aromatic carbocycles. The third-order valence-electron chi connectivity index (χ3n) is 3.92. The number of carboxylic acid groups (broad SMARTS) is 1. The average Bonchev–Trinajstić information content (AvgIpc) is 3.17. The van der Waals surface area contributed by atoms with E-state index in [1.807, 2.05) is 7.05 Å². The van der Waals surface area contributed by atoms with Gasteiger partial charge in [-0.1, -0.05) is 0 Å². The summed E-state index contributed by atoms with van der Waals surface area (Å²) in [5, 5.41) is 23.0. The van der Waals surface area contributed by atoms with E-state index < -0.39 is 0 Å². The van der Waals surface area contributed by atoms with Crippen molar-refractivity contribution in [2.45, 2.75) is 37.9 Å². The summed E-state index contributed by atoms with van der Waals surface area (Å²) < 4.78 is 1.38. The predicted octanol–water partition coefficient (Wildman–Crippen LogP) is -1.91. The van der Waals surface area contributed by atoms with Crippen molar-refractivity contribution in [2.75, 3.05) is 20.6 Å². The summed E-state index contributed by atoms with van der Waals surface area (Å²) in [4.78, 5) is 33.7. The number of likely N-dealkylation sites (N-methyl/N-ethyl adjacent to an activating group) is 1. The molecule has 0 bridgehead atoms. The van der Waals surface area contributed by atoms with Crippen molar-refractivity contribution >= 4 is 18.3 Å². The molecule has 1 saturated heterocycles. The maximum absolute atomic E-state index is 11.8. The molecule has 0 spiro atoms. The molecule has 2 heterocycles. The number of aromatic nitrogens is 4. The Labute approximate surface area is 139 Å². The van der Waals surface area contributed by atoms with Crippen LogP contribution >= 0.6 is 0 Å². The third-order valence-corrected chi connectivity index (χ3v) is 3.92.